The summed E-state index contributed by atoms with van der Waals surface area (Å²) >= 11 is 8.51. The van der Waals surface area contributed by atoms with Gasteiger partial charge in [0.2, 0.25) is 0 Å². The van der Waals surface area contributed by atoms with Crippen LogP contribution in [0.25, 0.3) is 0 Å². The number of hydrogen-bond acceptors (Lipinski definition) is 3. The number of aromatic carboxylic acids is 1. The molecule has 2 N–H and O–H groups in total. The van der Waals surface area contributed by atoms with Gasteiger partial charge in [0, 0.05) is 6.07 Å². The van der Waals surface area contributed by atoms with E-state index in [-0.39, 0.29) is 26.7 Å². The van der Waals surface area contributed by atoms with Crippen molar-refractivity contribution in [1.29, 1.82) is 0 Å². The zero-order valence-corrected chi connectivity index (χ0v) is 12.0. The van der Waals surface area contributed by atoms with Crippen molar-refractivity contribution in [2.75, 3.05) is 5.32 Å². The minimum atomic E-state index is -1.27. The summed E-state index contributed by atoms with van der Waals surface area (Å²) in [6.07, 6.45) is 0. The number of carbonyl (C=O) groups is 1. The number of nitrogens with zero attached hydrogens (tertiary/aromatic N) is 1. The fourth-order valence-electron chi connectivity index (χ4n) is 1.45. The topological polar surface area (TPSA) is 62.2 Å². The molecule has 2 aromatic rings. The fourth-order valence-corrected chi connectivity index (χ4v) is 1.91. The molecule has 0 radical (unpaired) electrons. The zero-order chi connectivity index (χ0) is 14.9. The molecule has 4 nitrogen and oxygen atoms in total. The van der Waals surface area contributed by atoms with E-state index in [9.17, 15) is 13.6 Å². The average molecular weight is 364 g/mol. The van der Waals surface area contributed by atoms with Crippen LogP contribution >= 0.6 is 27.5 Å². The van der Waals surface area contributed by atoms with E-state index in [0.29, 0.717) is 0 Å². The number of aromatic nitrogens is 1. The molecule has 0 saturated carbocycles. The van der Waals surface area contributed by atoms with Crippen molar-refractivity contribution in [3.05, 3.63) is 51.1 Å². The maximum atomic E-state index is 13.7. The Morgan fingerprint density at radius 2 is 2.00 bits per heavy atom. The molecule has 104 valence electrons. The van der Waals surface area contributed by atoms with Gasteiger partial charge in [-0.2, -0.15) is 0 Å². The molecule has 0 amide bonds. The number of rotatable bonds is 3. The molecule has 0 atom stereocenters. The second-order valence-electron chi connectivity index (χ2n) is 3.71. The molecule has 0 spiro atoms. The highest BCUT2D eigenvalue weighted by atomic mass is 79.9. The smallest absolute Gasteiger partial charge is 0.339 e. The second-order valence-corrected chi connectivity index (χ2v) is 4.95. The molecule has 1 aromatic heterocycles. The molecule has 20 heavy (non-hydrogen) atoms. The van der Waals surface area contributed by atoms with Gasteiger partial charge in [0.05, 0.1) is 10.2 Å². The van der Waals surface area contributed by atoms with Crippen LogP contribution in [0.2, 0.25) is 5.15 Å². The van der Waals surface area contributed by atoms with Gasteiger partial charge in [-0.1, -0.05) is 11.6 Å². The lowest BCUT2D eigenvalue weighted by Gasteiger charge is -2.10. The lowest BCUT2D eigenvalue weighted by molar-refractivity contribution is 0.0697. The van der Waals surface area contributed by atoms with E-state index in [2.05, 4.69) is 26.2 Å². The highest BCUT2D eigenvalue weighted by Crippen LogP contribution is 2.27. The minimum absolute atomic E-state index is 0.0236. The first-order valence-electron chi connectivity index (χ1n) is 5.20. The summed E-state index contributed by atoms with van der Waals surface area (Å²) in [6, 6.07) is 4.30. The monoisotopic (exact) mass is 362 g/mol. The number of carboxylic acid groups (broad SMARTS) is 1. The van der Waals surface area contributed by atoms with Crippen molar-refractivity contribution in [2.24, 2.45) is 0 Å². The van der Waals surface area contributed by atoms with E-state index in [1.807, 2.05) is 0 Å². The van der Waals surface area contributed by atoms with E-state index in [1.165, 1.54) is 12.1 Å². The normalized spacial score (nSPS) is 10.4. The Balaban J connectivity index is 2.47. The first-order valence-corrected chi connectivity index (χ1v) is 6.37. The van der Waals surface area contributed by atoms with E-state index in [4.69, 9.17) is 16.7 Å². The third-order valence-corrected chi connectivity index (χ3v) is 3.17. The maximum Gasteiger partial charge on any atom is 0.339 e. The van der Waals surface area contributed by atoms with Crippen LogP contribution in [0.1, 0.15) is 10.4 Å². The lowest BCUT2D eigenvalue weighted by atomic mass is 10.2. The molecule has 0 aliphatic carbocycles. The first-order chi connectivity index (χ1) is 9.38. The molecule has 0 aliphatic heterocycles. The molecular weight excluding hydrogens is 357 g/mol. The van der Waals surface area contributed by atoms with E-state index in [0.717, 1.165) is 12.1 Å². The molecule has 2 rings (SSSR count). The van der Waals surface area contributed by atoms with Crippen LogP contribution in [0.15, 0.2) is 28.7 Å². The van der Waals surface area contributed by atoms with Crippen LogP contribution in [0, 0.1) is 11.6 Å². The summed E-state index contributed by atoms with van der Waals surface area (Å²) < 4.78 is 27.0. The molecule has 0 saturated heterocycles. The molecule has 0 fully saturated rings. The van der Waals surface area contributed by atoms with Crippen molar-refractivity contribution >= 4 is 45.0 Å². The summed E-state index contributed by atoms with van der Waals surface area (Å²) in [4.78, 5) is 14.8. The standard InChI is InChI=1S/C12H6BrClF2N2O2/c13-6-3-8(16)9(4-7(6)15)17-11-5(12(19)20)1-2-10(14)18-11/h1-4H,(H,17,18)(H,19,20). The Kier molecular flexibility index (Phi) is 4.20. The third-order valence-electron chi connectivity index (χ3n) is 2.35. The Bertz CT molecular complexity index is 697. The van der Waals surface area contributed by atoms with Crippen LogP contribution < -0.4 is 5.32 Å². The molecule has 0 unspecified atom stereocenters. The van der Waals surface area contributed by atoms with Gasteiger partial charge in [0.25, 0.3) is 0 Å². The van der Waals surface area contributed by atoms with Crippen molar-refractivity contribution < 1.29 is 18.7 Å². The quantitative estimate of drug-likeness (QED) is 0.633. The van der Waals surface area contributed by atoms with Gasteiger partial charge in [-0.15, -0.1) is 0 Å². The third kappa shape index (κ3) is 3.05. The predicted octanol–water partition coefficient (Wildman–Crippen LogP) is 4.22. The molecule has 1 heterocycles. The molecule has 8 heteroatoms. The number of carboxylic acids is 1. The summed E-state index contributed by atoms with van der Waals surface area (Å²) in [5, 5.41) is 11.4. The van der Waals surface area contributed by atoms with E-state index < -0.39 is 17.6 Å². The number of halogens is 4. The maximum absolute atomic E-state index is 13.7. The van der Waals surface area contributed by atoms with Gasteiger partial charge in [0.1, 0.15) is 28.2 Å². The highest BCUT2D eigenvalue weighted by molar-refractivity contribution is 9.10. The lowest BCUT2D eigenvalue weighted by Crippen LogP contribution is -2.06. The number of pyridine rings is 1. The largest absolute Gasteiger partial charge is 0.478 e. The van der Waals surface area contributed by atoms with Crippen LogP contribution in [0.3, 0.4) is 0 Å². The Hall–Kier alpha value is -1.73. The molecular formula is C12H6BrClF2N2O2. The van der Waals surface area contributed by atoms with Gasteiger partial charge < -0.3 is 10.4 Å². The summed E-state index contributed by atoms with van der Waals surface area (Å²) in [6.45, 7) is 0. The fraction of sp³-hybridized carbons (Fsp3) is 0. The van der Waals surface area contributed by atoms with Crippen molar-refractivity contribution in [2.45, 2.75) is 0 Å². The Labute approximate surface area is 125 Å². The number of hydrogen-bond donors (Lipinski definition) is 2. The number of benzene rings is 1. The summed E-state index contributed by atoms with van der Waals surface area (Å²) in [5.74, 6) is -2.91. The Morgan fingerprint density at radius 3 is 2.65 bits per heavy atom. The van der Waals surface area contributed by atoms with Gasteiger partial charge in [-0.05, 0) is 34.1 Å². The van der Waals surface area contributed by atoms with Gasteiger partial charge in [0.15, 0.2) is 0 Å². The highest BCUT2D eigenvalue weighted by Gasteiger charge is 2.15. The van der Waals surface area contributed by atoms with Crippen LogP contribution in [-0.2, 0) is 0 Å². The summed E-state index contributed by atoms with van der Waals surface area (Å²) in [7, 11) is 0. The second kappa shape index (κ2) is 5.72. The molecule has 1 aromatic carbocycles. The van der Waals surface area contributed by atoms with Crippen LogP contribution in [0.4, 0.5) is 20.3 Å². The Morgan fingerprint density at radius 1 is 1.30 bits per heavy atom. The van der Waals surface area contributed by atoms with Gasteiger partial charge in [-0.3, -0.25) is 0 Å². The van der Waals surface area contributed by atoms with E-state index in [1.54, 1.807) is 0 Å². The first kappa shape index (κ1) is 14.7. The van der Waals surface area contributed by atoms with Crippen molar-refractivity contribution in [3.8, 4) is 0 Å². The SMILES string of the molecule is O=C(O)c1ccc(Cl)nc1Nc1cc(F)c(Br)cc1F. The summed E-state index contributed by atoms with van der Waals surface area (Å²) in [5.41, 5.74) is -0.458. The number of nitrogens with one attached hydrogen (secondary N) is 1. The van der Waals surface area contributed by atoms with Gasteiger partial charge >= 0.3 is 5.97 Å². The van der Waals surface area contributed by atoms with Crippen LogP contribution in [-0.4, -0.2) is 16.1 Å². The minimum Gasteiger partial charge on any atom is -0.478 e. The average Bonchev–Trinajstić information content (AvgIpc) is 2.35. The van der Waals surface area contributed by atoms with Crippen molar-refractivity contribution in [3.63, 3.8) is 0 Å². The molecule has 0 bridgehead atoms. The van der Waals surface area contributed by atoms with Crippen LogP contribution in [0.5, 0.6) is 0 Å². The predicted molar refractivity (Wildman–Crippen MR) is 73.5 cm³/mol. The van der Waals surface area contributed by atoms with Crippen molar-refractivity contribution in [1.82, 2.24) is 4.98 Å². The van der Waals surface area contributed by atoms with Gasteiger partial charge in [-0.25, -0.2) is 18.6 Å². The number of anilines is 2. The van der Waals surface area contributed by atoms with E-state index >= 15 is 0 Å². The molecule has 0 aliphatic rings. The zero-order valence-electron chi connectivity index (χ0n) is 9.62.